The molecule has 0 aromatic heterocycles. The standard InChI is InChI=1S/C21H23NO4/c1-3-24-17-8-6-16(7-9-17)14-22-19-10-5-15(2)13-18(19)21(20(22)23)25-11-4-12-26-21/h5-10,13H,3-4,11-12,14H2,1-2H3. The van der Waals surface area contributed by atoms with E-state index >= 15 is 0 Å². The molecule has 136 valence electrons. The average molecular weight is 353 g/mol. The number of amides is 1. The highest BCUT2D eigenvalue weighted by atomic mass is 16.7. The summed E-state index contributed by atoms with van der Waals surface area (Å²) in [7, 11) is 0. The highest BCUT2D eigenvalue weighted by molar-refractivity contribution is 6.06. The van der Waals surface area contributed by atoms with E-state index in [1.165, 1.54) is 0 Å². The molecule has 2 aliphatic rings. The van der Waals surface area contributed by atoms with Crippen molar-refractivity contribution in [3.05, 3.63) is 59.2 Å². The van der Waals surface area contributed by atoms with Gasteiger partial charge in [0.2, 0.25) is 0 Å². The van der Waals surface area contributed by atoms with Crippen molar-refractivity contribution in [3.63, 3.8) is 0 Å². The van der Waals surface area contributed by atoms with Crippen LogP contribution in [0.4, 0.5) is 5.69 Å². The van der Waals surface area contributed by atoms with Crippen molar-refractivity contribution in [1.82, 2.24) is 0 Å². The Hall–Kier alpha value is -2.37. The summed E-state index contributed by atoms with van der Waals surface area (Å²) in [5, 5.41) is 0. The number of benzene rings is 2. The summed E-state index contributed by atoms with van der Waals surface area (Å²) in [5.41, 5.74) is 3.78. The second kappa shape index (κ2) is 6.74. The number of hydrogen-bond acceptors (Lipinski definition) is 4. The van der Waals surface area contributed by atoms with Crippen LogP contribution in [0.15, 0.2) is 42.5 Å². The van der Waals surface area contributed by atoms with Gasteiger partial charge in [0.05, 0.1) is 32.1 Å². The first-order valence-electron chi connectivity index (χ1n) is 9.07. The van der Waals surface area contributed by atoms with Crippen LogP contribution in [0.3, 0.4) is 0 Å². The molecule has 0 saturated carbocycles. The molecule has 2 aliphatic heterocycles. The van der Waals surface area contributed by atoms with Crippen molar-refractivity contribution in [3.8, 4) is 5.75 Å². The third kappa shape index (κ3) is 2.77. The highest BCUT2D eigenvalue weighted by Crippen LogP contribution is 2.46. The molecular weight excluding hydrogens is 330 g/mol. The summed E-state index contributed by atoms with van der Waals surface area (Å²) in [4.78, 5) is 15.0. The molecular formula is C21H23NO4. The van der Waals surface area contributed by atoms with Crippen molar-refractivity contribution in [1.29, 1.82) is 0 Å². The van der Waals surface area contributed by atoms with E-state index in [-0.39, 0.29) is 5.91 Å². The fraction of sp³-hybridized carbons (Fsp3) is 0.381. The number of ether oxygens (including phenoxy) is 3. The molecule has 4 rings (SSSR count). The smallest absolute Gasteiger partial charge is 0.292 e. The predicted molar refractivity (Wildman–Crippen MR) is 98.2 cm³/mol. The van der Waals surface area contributed by atoms with Crippen LogP contribution in [-0.4, -0.2) is 25.7 Å². The topological polar surface area (TPSA) is 48.0 Å². The van der Waals surface area contributed by atoms with Crippen molar-refractivity contribution in [2.75, 3.05) is 24.7 Å². The maximum atomic E-state index is 13.3. The number of fused-ring (bicyclic) bond motifs is 2. The molecule has 0 radical (unpaired) electrons. The van der Waals surface area contributed by atoms with E-state index in [0.29, 0.717) is 26.4 Å². The molecule has 2 aromatic carbocycles. The van der Waals surface area contributed by atoms with Gasteiger partial charge in [0.15, 0.2) is 0 Å². The van der Waals surface area contributed by atoms with Gasteiger partial charge in [-0.2, -0.15) is 0 Å². The van der Waals surface area contributed by atoms with Crippen LogP contribution in [0.5, 0.6) is 5.75 Å². The number of rotatable bonds is 4. The number of anilines is 1. The summed E-state index contributed by atoms with van der Waals surface area (Å²) < 4.78 is 17.3. The number of carbonyl (C=O) groups excluding carboxylic acids is 1. The lowest BCUT2D eigenvalue weighted by molar-refractivity contribution is -0.256. The van der Waals surface area contributed by atoms with Gasteiger partial charge in [0.25, 0.3) is 11.7 Å². The summed E-state index contributed by atoms with van der Waals surface area (Å²) >= 11 is 0. The summed E-state index contributed by atoms with van der Waals surface area (Å²) in [6, 6.07) is 13.8. The molecule has 5 nitrogen and oxygen atoms in total. The normalized spacial score (nSPS) is 18.2. The Morgan fingerprint density at radius 2 is 1.85 bits per heavy atom. The number of nitrogens with zero attached hydrogens (tertiary/aromatic N) is 1. The first-order chi connectivity index (χ1) is 12.6. The molecule has 26 heavy (non-hydrogen) atoms. The Balaban J connectivity index is 1.67. The van der Waals surface area contributed by atoms with Gasteiger partial charge >= 0.3 is 0 Å². The lowest BCUT2D eigenvalue weighted by Crippen LogP contribution is -2.47. The first-order valence-corrected chi connectivity index (χ1v) is 9.07. The average Bonchev–Trinajstić information content (AvgIpc) is 2.87. The molecule has 0 atom stereocenters. The Morgan fingerprint density at radius 3 is 2.54 bits per heavy atom. The Kier molecular flexibility index (Phi) is 4.42. The van der Waals surface area contributed by atoms with Crippen LogP contribution >= 0.6 is 0 Å². The third-order valence-electron chi connectivity index (χ3n) is 4.80. The molecule has 1 saturated heterocycles. The van der Waals surface area contributed by atoms with E-state index in [4.69, 9.17) is 14.2 Å². The van der Waals surface area contributed by atoms with Crippen LogP contribution < -0.4 is 9.64 Å². The number of carbonyl (C=O) groups is 1. The zero-order valence-electron chi connectivity index (χ0n) is 15.2. The van der Waals surface area contributed by atoms with Gasteiger partial charge in [-0.05, 0) is 50.1 Å². The van der Waals surface area contributed by atoms with Crippen molar-refractivity contribution < 1.29 is 19.0 Å². The maximum absolute atomic E-state index is 13.3. The third-order valence-corrected chi connectivity index (χ3v) is 4.80. The minimum absolute atomic E-state index is 0.147. The fourth-order valence-corrected chi connectivity index (χ4v) is 3.56. The predicted octanol–water partition coefficient (Wildman–Crippen LogP) is 3.53. The zero-order chi connectivity index (χ0) is 18.1. The Morgan fingerprint density at radius 1 is 1.12 bits per heavy atom. The van der Waals surface area contributed by atoms with E-state index in [1.54, 1.807) is 4.90 Å². The lowest BCUT2D eigenvalue weighted by atomic mass is 10.0. The Labute approximate surface area is 153 Å². The molecule has 0 bridgehead atoms. The molecule has 0 N–H and O–H groups in total. The van der Waals surface area contributed by atoms with Crippen LogP contribution in [-0.2, 0) is 26.6 Å². The SMILES string of the molecule is CCOc1ccc(CN2C(=O)C3(OCCCO3)c3cc(C)ccc32)cc1. The lowest BCUT2D eigenvalue weighted by Gasteiger charge is -2.32. The quantitative estimate of drug-likeness (QED) is 0.844. The van der Waals surface area contributed by atoms with E-state index in [1.807, 2.05) is 56.3 Å². The largest absolute Gasteiger partial charge is 0.494 e. The summed E-state index contributed by atoms with van der Waals surface area (Å²) in [5.74, 6) is -0.604. The second-order valence-electron chi connectivity index (χ2n) is 6.66. The van der Waals surface area contributed by atoms with Gasteiger partial charge in [0, 0.05) is 5.56 Å². The molecule has 1 spiro atoms. The monoisotopic (exact) mass is 353 g/mol. The molecule has 1 fully saturated rings. The minimum Gasteiger partial charge on any atom is -0.494 e. The molecule has 1 amide bonds. The molecule has 2 heterocycles. The van der Waals surface area contributed by atoms with E-state index in [9.17, 15) is 4.79 Å². The number of aryl methyl sites for hydroxylation is 1. The van der Waals surface area contributed by atoms with Gasteiger partial charge in [-0.3, -0.25) is 4.79 Å². The van der Waals surface area contributed by atoms with Crippen molar-refractivity contribution in [2.45, 2.75) is 32.6 Å². The zero-order valence-corrected chi connectivity index (χ0v) is 15.2. The van der Waals surface area contributed by atoms with Crippen LogP contribution in [0.1, 0.15) is 30.0 Å². The summed E-state index contributed by atoms with van der Waals surface area (Å²) in [6.07, 6.45) is 0.801. The second-order valence-corrected chi connectivity index (χ2v) is 6.66. The van der Waals surface area contributed by atoms with Gasteiger partial charge in [-0.25, -0.2) is 0 Å². The number of hydrogen-bond donors (Lipinski definition) is 0. The van der Waals surface area contributed by atoms with Gasteiger partial charge < -0.3 is 19.1 Å². The molecule has 2 aromatic rings. The van der Waals surface area contributed by atoms with E-state index < -0.39 is 5.79 Å². The van der Waals surface area contributed by atoms with Crippen LogP contribution in [0.25, 0.3) is 0 Å². The van der Waals surface area contributed by atoms with Crippen LogP contribution in [0, 0.1) is 6.92 Å². The van der Waals surface area contributed by atoms with Crippen molar-refractivity contribution in [2.24, 2.45) is 0 Å². The summed E-state index contributed by atoms with van der Waals surface area (Å²) in [6.45, 7) is 6.12. The highest BCUT2D eigenvalue weighted by Gasteiger charge is 2.54. The van der Waals surface area contributed by atoms with Gasteiger partial charge in [-0.1, -0.05) is 23.8 Å². The fourth-order valence-electron chi connectivity index (χ4n) is 3.56. The van der Waals surface area contributed by atoms with Gasteiger partial charge in [0.1, 0.15) is 5.75 Å². The van der Waals surface area contributed by atoms with E-state index in [0.717, 1.165) is 34.5 Å². The van der Waals surface area contributed by atoms with E-state index in [2.05, 4.69) is 0 Å². The Bertz CT molecular complexity index is 809. The maximum Gasteiger partial charge on any atom is 0.292 e. The van der Waals surface area contributed by atoms with Crippen LogP contribution in [0.2, 0.25) is 0 Å². The van der Waals surface area contributed by atoms with Crippen molar-refractivity contribution >= 4 is 11.6 Å². The molecule has 0 unspecified atom stereocenters. The minimum atomic E-state index is -1.29. The molecule has 5 heteroatoms. The first kappa shape index (κ1) is 17.1. The molecule has 0 aliphatic carbocycles. The van der Waals surface area contributed by atoms with Gasteiger partial charge in [-0.15, -0.1) is 0 Å².